The number of benzene rings is 2. The second-order valence-electron chi connectivity index (χ2n) is 6.58. The molecular formula is C21H28O9. The minimum atomic E-state index is -1.37. The molecule has 0 aromatic heterocycles. The average Bonchev–Trinajstić information content (AvgIpc) is 2.78. The van der Waals surface area contributed by atoms with Crippen molar-refractivity contribution in [2.24, 2.45) is 0 Å². The lowest BCUT2D eigenvalue weighted by molar-refractivity contribution is -0.0154. The molecule has 2 rings (SSSR count). The molecule has 5 N–H and O–H groups in total. The van der Waals surface area contributed by atoms with E-state index in [2.05, 4.69) is 0 Å². The van der Waals surface area contributed by atoms with Gasteiger partial charge in [0.2, 0.25) is 5.75 Å². The Hall–Kier alpha value is -2.72. The first-order valence-electron chi connectivity index (χ1n) is 9.24. The highest BCUT2D eigenvalue weighted by molar-refractivity contribution is 5.54. The fraction of sp³-hybridized carbons (Fsp3) is 0.429. The van der Waals surface area contributed by atoms with Crippen LogP contribution in [0.2, 0.25) is 0 Å². The van der Waals surface area contributed by atoms with Crippen molar-refractivity contribution in [3.8, 4) is 28.7 Å². The fourth-order valence-corrected chi connectivity index (χ4v) is 2.93. The molecule has 0 aliphatic rings. The van der Waals surface area contributed by atoms with Crippen LogP contribution in [0.25, 0.3) is 0 Å². The van der Waals surface area contributed by atoms with Crippen LogP contribution < -0.4 is 18.9 Å². The van der Waals surface area contributed by atoms with Crippen LogP contribution in [0, 0.1) is 0 Å². The van der Waals surface area contributed by atoms with Gasteiger partial charge < -0.3 is 44.5 Å². The first-order chi connectivity index (χ1) is 14.4. The van der Waals surface area contributed by atoms with E-state index < -0.39 is 24.9 Å². The summed E-state index contributed by atoms with van der Waals surface area (Å²) in [5, 5.41) is 48.5. The van der Waals surface area contributed by atoms with Crippen molar-refractivity contribution in [1.29, 1.82) is 0 Å². The van der Waals surface area contributed by atoms with Crippen LogP contribution in [-0.2, 0) is 6.42 Å². The molecule has 0 radical (unpaired) electrons. The van der Waals surface area contributed by atoms with Gasteiger partial charge in [-0.2, -0.15) is 0 Å². The minimum absolute atomic E-state index is 0.00488. The molecule has 9 nitrogen and oxygen atoms in total. The molecule has 0 heterocycles. The third-order valence-electron chi connectivity index (χ3n) is 4.57. The van der Waals surface area contributed by atoms with E-state index in [-0.39, 0.29) is 35.2 Å². The van der Waals surface area contributed by atoms with Crippen LogP contribution in [0.3, 0.4) is 0 Å². The zero-order chi connectivity index (χ0) is 22.3. The molecule has 3 atom stereocenters. The van der Waals surface area contributed by atoms with E-state index >= 15 is 0 Å². The molecule has 0 aliphatic carbocycles. The monoisotopic (exact) mass is 424 g/mol. The second-order valence-corrected chi connectivity index (χ2v) is 6.58. The van der Waals surface area contributed by atoms with Crippen molar-refractivity contribution >= 4 is 0 Å². The largest absolute Gasteiger partial charge is 0.504 e. The summed E-state index contributed by atoms with van der Waals surface area (Å²) in [6.07, 6.45) is -3.11. The molecule has 9 heteroatoms. The molecule has 0 saturated heterocycles. The van der Waals surface area contributed by atoms with E-state index in [1.54, 1.807) is 12.1 Å². The van der Waals surface area contributed by atoms with Gasteiger partial charge in [0.15, 0.2) is 23.0 Å². The Kier molecular flexibility index (Phi) is 8.55. The number of aliphatic hydroxyl groups is 4. The number of hydrogen-bond acceptors (Lipinski definition) is 9. The van der Waals surface area contributed by atoms with Crippen LogP contribution in [0.15, 0.2) is 30.3 Å². The Balaban J connectivity index is 2.32. The smallest absolute Gasteiger partial charge is 0.203 e. The Morgan fingerprint density at radius 2 is 1.43 bits per heavy atom. The van der Waals surface area contributed by atoms with E-state index in [0.29, 0.717) is 12.2 Å². The van der Waals surface area contributed by atoms with Gasteiger partial charge in [-0.05, 0) is 35.4 Å². The molecule has 0 spiro atoms. The number of rotatable bonds is 11. The van der Waals surface area contributed by atoms with Crippen LogP contribution in [-0.4, -0.2) is 72.3 Å². The highest BCUT2D eigenvalue weighted by Gasteiger charge is 2.24. The van der Waals surface area contributed by atoms with E-state index in [1.807, 2.05) is 0 Å². The maximum absolute atomic E-state index is 10.2. The lowest BCUT2D eigenvalue weighted by Gasteiger charge is -2.23. The molecule has 3 unspecified atom stereocenters. The van der Waals surface area contributed by atoms with E-state index in [0.717, 1.165) is 5.56 Å². The van der Waals surface area contributed by atoms with Crippen LogP contribution >= 0.6 is 0 Å². The zero-order valence-electron chi connectivity index (χ0n) is 17.1. The first kappa shape index (κ1) is 23.6. The van der Waals surface area contributed by atoms with Crippen molar-refractivity contribution in [3.05, 3.63) is 41.5 Å². The predicted octanol–water partition coefficient (Wildman–Crippen LogP) is 0.787. The number of phenols is 1. The Bertz CT molecular complexity index is 799. The normalized spacial score (nSPS) is 14.0. The molecule has 2 aromatic carbocycles. The van der Waals surface area contributed by atoms with Crippen molar-refractivity contribution < 1.29 is 44.5 Å². The second kappa shape index (κ2) is 10.9. The summed E-state index contributed by atoms with van der Waals surface area (Å²) in [5.74, 6) is 0.954. The van der Waals surface area contributed by atoms with Crippen molar-refractivity contribution in [3.63, 3.8) is 0 Å². The Morgan fingerprint density at radius 1 is 0.833 bits per heavy atom. The topological polar surface area (TPSA) is 138 Å². The van der Waals surface area contributed by atoms with Crippen LogP contribution in [0.1, 0.15) is 17.2 Å². The molecule has 0 saturated carbocycles. The summed E-state index contributed by atoms with van der Waals surface area (Å²) in [6, 6.07) is 7.74. The molecule has 0 aliphatic heterocycles. The van der Waals surface area contributed by atoms with E-state index in [4.69, 9.17) is 24.1 Å². The van der Waals surface area contributed by atoms with E-state index in [9.17, 15) is 20.4 Å². The van der Waals surface area contributed by atoms with Gasteiger partial charge >= 0.3 is 0 Å². The number of methoxy groups -OCH3 is 3. The molecule has 166 valence electrons. The lowest BCUT2D eigenvalue weighted by atomic mass is 10.0. The summed E-state index contributed by atoms with van der Waals surface area (Å²) in [6.45, 7) is -0.935. The zero-order valence-corrected chi connectivity index (χ0v) is 17.1. The Labute approximate surface area is 174 Å². The van der Waals surface area contributed by atoms with Crippen LogP contribution in [0.4, 0.5) is 0 Å². The maximum Gasteiger partial charge on any atom is 0.203 e. The quantitative estimate of drug-likeness (QED) is 0.354. The number of hydrogen-bond donors (Lipinski definition) is 5. The van der Waals surface area contributed by atoms with Gasteiger partial charge in [-0.25, -0.2) is 0 Å². The number of ether oxygens (including phenoxy) is 4. The SMILES string of the molecule is COc1cc(CC(CO)Oc2c(OC)cc(C(O)C(O)CO)cc2OC)ccc1O. The third kappa shape index (κ3) is 5.45. The first-order valence-corrected chi connectivity index (χ1v) is 9.24. The van der Waals surface area contributed by atoms with Gasteiger partial charge in [0.05, 0.1) is 34.5 Å². The highest BCUT2D eigenvalue weighted by atomic mass is 16.5. The van der Waals surface area contributed by atoms with E-state index in [1.165, 1.54) is 39.5 Å². The molecular weight excluding hydrogens is 396 g/mol. The summed E-state index contributed by atoms with van der Waals surface area (Å²) in [4.78, 5) is 0. The predicted molar refractivity (Wildman–Crippen MR) is 107 cm³/mol. The highest BCUT2D eigenvalue weighted by Crippen LogP contribution is 2.41. The van der Waals surface area contributed by atoms with Gasteiger partial charge in [0.1, 0.15) is 18.3 Å². The summed E-state index contributed by atoms with van der Waals surface area (Å²) < 4.78 is 21.7. The van der Waals surface area contributed by atoms with Gasteiger partial charge in [-0.1, -0.05) is 6.07 Å². The third-order valence-corrected chi connectivity index (χ3v) is 4.57. The standard InChI is InChI=1S/C21H28O9/c1-27-17-7-12(4-5-15(17)24)6-14(10-22)30-21-18(28-2)8-13(9-19(21)29-3)20(26)16(25)11-23/h4-5,7-9,14,16,20,22-26H,6,10-11H2,1-3H3. The lowest BCUT2D eigenvalue weighted by Crippen LogP contribution is -2.25. The molecule has 0 amide bonds. The minimum Gasteiger partial charge on any atom is -0.504 e. The summed E-state index contributed by atoms with van der Waals surface area (Å²) in [7, 11) is 4.25. The fourth-order valence-electron chi connectivity index (χ4n) is 2.93. The maximum atomic E-state index is 10.2. The summed E-state index contributed by atoms with van der Waals surface area (Å²) in [5.41, 5.74) is 1.03. The van der Waals surface area contributed by atoms with Crippen molar-refractivity contribution in [2.45, 2.75) is 24.7 Å². The van der Waals surface area contributed by atoms with Gasteiger partial charge in [-0.15, -0.1) is 0 Å². The number of aliphatic hydroxyl groups excluding tert-OH is 4. The molecule has 0 bridgehead atoms. The van der Waals surface area contributed by atoms with Gasteiger partial charge in [0, 0.05) is 6.42 Å². The van der Waals surface area contributed by atoms with Crippen LogP contribution in [0.5, 0.6) is 28.7 Å². The van der Waals surface area contributed by atoms with Gasteiger partial charge in [-0.3, -0.25) is 0 Å². The van der Waals surface area contributed by atoms with Crippen molar-refractivity contribution in [1.82, 2.24) is 0 Å². The van der Waals surface area contributed by atoms with Gasteiger partial charge in [0.25, 0.3) is 0 Å². The van der Waals surface area contributed by atoms with Crippen molar-refractivity contribution in [2.75, 3.05) is 34.5 Å². The average molecular weight is 424 g/mol. The Morgan fingerprint density at radius 3 is 1.93 bits per heavy atom. The molecule has 30 heavy (non-hydrogen) atoms. The molecule has 0 fully saturated rings. The molecule has 2 aromatic rings. The number of aromatic hydroxyl groups is 1. The summed E-state index contributed by atoms with van der Waals surface area (Å²) >= 11 is 0. The number of phenolic OH excluding ortho intramolecular Hbond substituents is 1.